The maximum Gasteiger partial charge on any atom is 0.239 e. The van der Waals surface area contributed by atoms with Crippen LogP contribution in [-0.4, -0.2) is 65.7 Å². The van der Waals surface area contributed by atoms with E-state index in [0.717, 1.165) is 36.5 Å². The number of rotatable bonds is 14. The van der Waals surface area contributed by atoms with Crippen molar-refractivity contribution in [3.8, 4) is 0 Å². The van der Waals surface area contributed by atoms with Crippen LogP contribution in [0.1, 0.15) is 18.4 Å². The quantitative estimate of drug-likeness (QED) is 0.263. The molecular weight excluding hydrogens is 434 g/mol. The van der Waals surface area contributed by atoms with Crippen molar-refractivity contribution in [3.05, 3.63) is 72.8 Å². The molecule has 182 valence electrons. The van der Waals surface area contributed by atoms with Gasteiger partial charge in [0.05, 0.1) is 23.6 Å². The number of nitrogens with two attached hydrogens (primary N) is 2. The smallest absolute Gasteiger partial charge is 0.239 e. The molecule has 7 nitrogen and oxygen atoms in total. The Labute approximate surface area is 202 Å². The fourth-order valence-electron chi connectivity index (χ4n) is 3.81. The minimum atomic E-state index is -0.221. The first-order valence-electron chi connectivity index (χ1n) is 11.4. The van der Waals surface area contributed by atoms with Gasteiger partial charge >= 0.3 is 0 Å². The van der Waals surface area contributed by atoms with E-state index in [-0.39, 0.29) is 35.4 Å². The third-order valence-electron chi connectivity index (χ3n) is 5.86. The van der Waals surface area contributed by atoms with E-state index in [0.29, 0.717) is 26.1 Å². The van der Waals surface area contributed by atoms with E-state index in [4.69, 9.17) is 11.5 Å². The van der Waals surface area contributed by atoms with Crippen LogP contribution in [0, 0.1) is 5.92 Å². The van der Waals surface area contributed by atoms with Crippen LogP contribution in [0.25, 0.3) is 0 Å². The Morgan fingerprint density at radius 1 is 1.24 bits per heavy atom. The Bertz CT molecular complexity index is 801. The van der Waals surface area contributed by atoms with E-state index in [1.807, 2.05) is 18.2 Å². The maximum atomic E-state index is 12.8. The Hall–Kier alpha value is -2.42. The van der Waals surface area contributed by atoms with Gasteiger partial charge in [0.2, 0.25) is 5.91 Å². The second kappa shape index (κ2) is 14.0. The van der Waals surface area contributed by atoms with Crippen LogP contribution in [0.15, 0.2) is 67.2 Å². The van der Waals surface area contributed by atoms with E-state index in [1.54, 1.807) is 11.8 Å². The van der Waals surface area contributed by atoms with Crippen molar-refractivity contribution in [2.45, 2.75) is 30.6 Å². The lowest BCUT2D eigenvalue weighted by atomic mass is 9.97. The minimum Gasteiger partial charge on any atom is -0.512 e. The molecule has 1 aliphatic rings. The number of nitrogens with zero attached hydrogens (tertiary/aromatic N) is 1. The third-order valence-corrected chi connectivity index (χ3v) is 7.10. The largest absolute Gasteiger partial charge is 0.512 e. The molecule has 1 heterocycles. The third kappa shape index (κ3) is 8.79. The highest BCUT2D eigenvalue weighted by Gasteiger charge is 2.27. The molecule has 2 rings (SSSR count). The molecule has 3 unspecified atom stereocenters. The number of thioether (sulfide) groups is 1. The number of hydrogen-bond donors (Lipinski definition) is 5. The average molecular weight is 474 g/mol. The van der Waals surface area contributed by atoms with Crippen molar-refractivity contribution in [1.29, 1.82) is 0 Å². The fraction of sp³-hybridized carbons (Fsp3) is 0.480. The first-order valence-corrected chi connectivity index (χ1v) is 12.5. The van der Waals surface area contributed by atoms with Crippen molar-refractivity contribution in [3.63, 3.8) is 0 Å². The molecule has 7 N–H and O–H groups in total. The summed E-state index contributed by atoms with van der Waals surface area (Å²) in [4.78, 5) is 14.9. The van der Waals surface area contributed by atoms with E-state index >= 15 is 0 Å². The summed E-state index contributed by atoms with van der Waals surface area (Å²) >= 11 is 1.68. The molecule has 1 amide bonds. The number of benzene rings is 1. The summed E-state index contributed by atoms with van der Waals surface area (Å²) < 4.78 is 0. The van der Waals surface area contributed by atoms with Crippen LogP contribution in [0.3, 0.4) is 0 Å². The number of carbonyl (C=O) groups excluding carboxylic acids is 1. The Morgan fingerprint density at radius 2 is 1.97 bits per heavy atom. The molecule has 0 bridgehead atoms. The maximum absolute atomic E-state index is 12.8. The summed E-state index contributed by atoms with van der Waals surface area (Å²) in [5, 5.41) is 16.0. The van der Waals surface area contributed by atoms with E-state index in [9.17, 15) is 9.90 Å². The molecule has 1 fully saturated rings. The van der Waals surface area contributed by atoms with Gasteiger partial charge in [0.1, 0.15) is 0 Å². The van der Waals surface area contributed by atoms with Crippen molar-refractivity contribution in [1.82, 2.24) is 15.5 Å². The van der Waals surface area contributed by atoms with Crippen LogP contribution in [0.2, 0.25) is 0 Å². The lowest BCUT2D eigenvalue weighted by Crippen LogP contribution is -2.48. The number of hydrogen-bond acceptors (Lipinski definition) is 7. The summed E-state index contributed by atoms with van der Waals surface area (Å²) in [5.41, 5.74) is 14.5. The number of aliphatic hydroxyl groups is 1. The summed E-state index contributed by atoms with van der Waals surface area (Å²) in [6.07, 6.45) is 2.25. The van der Waals surface area contributed by atoms with Gasteiger partial charge in [-0.15, -0.1) is 11.8 Å². The SMILES string of the molecule is C=C(NCC(=O)NC(CCCN)C(=C)N1CCSC(C(=C)O)C1)C(CN)Cc1ccccc1. The first kappa shape index (κ1) is 26.8. The molecule has 0 radical (unpaired) electrons. The normalized spacial score (nSPS) is 17.6. The Balaban J connectivity index is 1.91. The predicted octanol–water partition coefficient (Wildman–Crippen LogP) is 2.13. The molecule has 8 heteroatoms. The molecule has 1 aromatic carbocycles. The molecule has 1 saturated heterocycles. The summed E-state index contributed by atoms with van der Waals surface area (Å²) in [5.74, 6) is 0.943. The van der Waals surface area contributed by atoms with E-state index in [1.165, 1.54) is 5.56 Å². The highest BCUT2D eigenvalue weighted by molar-refractivity contribution is 8.00. The number of carbonyl (C=O) groups is 1. The van der Waals surface area contributed by atoms with Gasteiger partial charge in [-0.05, 0) is 31.4 Å². The van der Waals surface area contributed by atoms with E-state index < -0.39 is 0 Å². The van der Waals surface area contributed by atoms with Crippen molar-refractivity contribution < 1.29 is 9.90 Å². The summed E-state index contributed by atoms with van der Waals surface area (Å²) in [6.45, 7) is 14.6. The van der Waals surface area contributed by atoms with Crippen molar-refractivity contribution in [2.75, 3.05) is 38.5 Å². The zero-order valence-corrected chi connectivity index (χ0v) is 20.3. The molecule has 1 aliphatic heterocycles. The Morgan fingerprint density at radius 3 is 2.61 bits per heavy atom. The second-order valence-corrected chi connectivity index (χ2v) is 9.65. The molecule has 0 saturated carbocycles. The highest BCUT2D eigenvalue weighted by Crippen LogP contribution is 2.26. The monoisotopic (exact) mass is 473 g/mol. The number of amides is 1. The van der Waals surface area contributed by atoms with Crippen LogP contribution in [0.4, 0.5) is 0 Å². The van der Waals surface area contributed by atoms with Gasteiger partial charge in [-0.1, -0.05) is 50.1 Å². The van der Waals surface area contributed by atoms with Gasteiger partial charge in [0.25, 0.3) is 0 Å². The molecule has 33 heavy (non-hydrogen) atoms. The topological polar surface area (TPSA) is 117 Å². The van der Waals surface area contributed by atoms with Gasteiger partial charge in [0.15, 0.2) is 0 Å². The summed E-state index contributed by atoms with van der Waals surface area (Å²) in [6, 6.07) is 9.89. The van der Waals surface area contributed by atoms with Crippen molar-refractivity contribution in [2.24, 2.45) is 17.4 Å². The number of nitrogens with one attached hydrogen (secondary N) is 2. The average Bonchev–Trinajstić information content (AvgIpc) is 2.83. The van der Waals surface area contributed by atoms with Gasteiger partial charge in [-0.3, -0.25) is 4.79 Å². The standard InChI is InChI=1S/C25H39N5O2S/c1-18(22(15-27)14-21-8-5-4-6-9-21)28-16-25(32)29-23(10-7-11-26)19(2)30-12-13-33-24(17-30)20(3)31/h4-6,8-9,22-24,28,31H,1-3,7,10-17,26-27H2,(H,29,32). The first-order chi connectivity index (χ1) is 15.8. The molecule has 0 spiro atoms. The Kier molecular flexibility index (Phi) is 11.4. The van der Waals surface area contributed by atoms with Gasteiger partial charge in [-0.2, -0.15) is 0 Å². The van der Waals surface area contributed by atoms with Gasteiger partial charge < -0.3 is 32.1 Å². The molecule has 0 aliphatic carbocycles. The fourth-order valence-corrected chi connectivity index (χ4v) is 4.90. The van der Waals surface area contributed by atoms with E-state index in [2.05, 4.69) is 47.4 Å². The number of aliphatic hydroxyl groups excluding tert-OH is 1. The summed E-state index contributed by atoms with van der Waals surface area (Å²) in [7, 11) is 0. The predicted molar refractivity (Wildman–Crippen MR) is 139 cm³/mol. The minimum absolute atomic E-state index is 0.0394. The van der Waals surface area contributed by atoms with Crippen molar-refractivity contribution >= 4 is 17.7 Å². The van der Waals surface area contributed by atoms with Crippen LogP contribution >= 0.6 is 11.8 Å². The van der Waals surface area contributed by atoms with Crippen LogP contribution in [0.5, 0.6) is 0 Å². The molecular formula is C25H39N5O2S. The molecule has 1 aromatic rings. The molecule has 0 aromatic heterocycles. The molecule has 3 atom stereocenters. The lowest BCUT2D eigenvalue weighted by Gasteiger charge is -2.38. The van der Waals surface area contributed by atoms with Crippen LogP contribution < -0.4 is 22.1 Å². The highest BCUT2D eigenvalue weighted by atomic mass is 32.2. The van der Waals surface area contributed by atoms with Gasteiger partial charge in [-0.25, -0.2) is 0 Å². The zero-order valence-electron chi connectivity index (χ0n) is 19.5. The lowest BCUT2D eigenvalue weighted by molar-refractivity contribution is -0.120. The second-order valence-electron chi connectivity index (χ2n) is 8.34. The zero-order chi connectivity index (χ0) is 24.2. The van der Waals surface area contributed by atoms with Gasteiger partial charge in [0, 0.05) is 42.7 Å². The van der Waals surface area contributed by atoms with Crippen LogP contribution in [-0.2, 0) is 11.2 Å².